The van der Waals surface area contributed by atoms with Crippen LogP contribution >= 0.6 is 0 Å². The number of aliphatic hydroxyl groups excluding tert-OH is 3. The monoisotopic (exact) mass is 900 g/mol. The van der Waals surface area contributed by atoms with Crippen molar-refractivity contribution in [1.29, 1.82) is 0 Å². The molecule has 0 aromatic carbocycles. The number of rotatable bonds is 53. The molecule has 0 aromatic heterocycles. The summed E-state index contributed by atoms with van der Waals surface area (Å²) in [5.41, 5.74) is 0. The maximum Gasteiger partial charge on any atom is 0.249 e. The van der Waals surface area contributed by atoms with Gasteiger partial charge >= 0.3 is 0 Å². The van der Waals surface area contributed by atoms with E-state index in [4.69, 9.17) is 0 Å². The number of hydrogen-bond acceptors (Lipinski definition) is 4. The summed E-state index contributed by atoms with van der Waals surface area (Å²) in [7, 11) is 0. The van der Waals surface area contributed by atoms with Gasteiger partial charge in [0.2, 0.25) is 5.91 Å². The zero-order valence-electron chi connectivity index (χ0n) is 43.2. The van der Waals surface area contributed by atoms with Crippen molar-refractivity contribution < 1.29 is 20.1 Å². The van der Waals surface area contributed by atoms with Gasteiger partial charge in [-0.1, -0.05) is 288 Å². The highest BCUT2D eigenvalue weighted by Gasteiger charge is 2.22. The van der Waals surface area contributed by atoms with Crippen molar-refractivity contribution in [2.75, 3.05) is 6.61 Å². The molecule has 64 heavy (non-hydrogen) atoms. The number of nitrogens with one attached hydrogen (secondary N) is 1. The minimum Gasteiger partial charge on any atom is -0.394 e. The van der Waals surface area contributed by atoms with E-state index in [9.17, 15) is 20.1 Å². The maximum absolute atomic E-state index is 12.5. The molecule has 5 heteroatoms. The van der Waals surface area contributed by atoms with Crippen molar-refractivity contribution in [3.05, 3.63) is 36.5 Å². The first-order valence-electron chi connectivity index (χ1n) is 28.8. The Balaban J connectivity index is 3.56. The lowest BCUT2D eigenvalue weighted by Gasteiger charge is -2.21. The SMILES string of the molecule is CCCCCCCCCCCCCC/C=C\CCCCCCCCCCCCCCCCCC(O)C(=O)NC(CO)C(O)/C=C/CC/C=C/CCCCCCCCCCCCCCC. The molecule has 0 rings (SSSR count). The first-order chi connectivity index (χ1) is 31.6. The molecule has 3 atom stereocenters. The van der Waals surface area contributed by atoms with Gasteiger partial charge in [-0.05, 0) is 57.8 Å². The van der Waals surface area contributed by atoms with Gasteiger partial charge in [-0.25, -0.2) is 0 Å². The third-order valence-electron chi connectivity index (χ3n) is 13.5. The molecule has 0 heterocycles. The fourth-order valence-corrected chi connectivity index (χ4v) is 8.96. The number of amides is 1. The molecule has 0 aliphatic rings. The number of allylic oxidation sites excluding steroid dienone is 5. The average Bonchev–Trinajstić information content (AvgIpc) is 3.30. The van der Waals surface area contributed by atoms with Crippen molar-refractivity contribution in [2.24, 2.45) is 0 Å². The first-order valence-corrected chi connectivity index (χ1v) is 28.8. The van der Waals surface area contributed by atoms with Gasteiger partial charge in [-0.3, -0.25) is 4.79 Å². The second-order valence-electron chi connectivity index (χ2n) is 19.8. The predicted octanol–water partition coefficient (Wildman–Crippen LogP) is 17.8. The third kappa shape index (κ3) is 48.5. The fourth-order valence-electron chi connectivity index (χ4n) is 8.96. The van der Waals surface area contributed by atoms with Crippen LogP contribution in [0.15, 0.2) is 36.5 Å². The van der Waals surface area contributed by atoms with E-state index in [0.717, 1.165) is 38.5 Å². The normalized spacial score (nSPS) is 13.5. The van der Waals surface area contributed by atoms with Crippen molar-refractivity contribution in [3.8, 4) is 0 Å². The van der Waals surface area contributed by atoms with E-state index < -0.39 is 24.2 Å². The third-order valence-corrected chi connectivity index (χ3v) is 13.5. The summed E-state index contributed by atoms with van der Waals surface area (Å²) >= 11 is 0. The molecule has 0 aliphatic heterocycles. The summed E-state index contributed by atoms with van der Waals surface area (Å²) in [6.45, 7) is 4.20. The average molecular weight is 901 g/mol. The second kappa shape index (κ2) is 54.2. The van der Waals surface area contributed by atoms with Crippen LogP contribution in [0.5, 0.6) is 0 Å². The molecule has 4 N–H and O–H groups in total. The summed E-state index contributed by atoms with van der Waals surface area (Å²) in [4.78, 5) is 12.5. The van der Waals surface area contributed by atoms with Gasteiger partial charge in [0.1, 0.15) is 6.10 Å². The Labute approximate surface area is 400 Å². The van der Waals surface area contributed by atoms with Gasteiger partial charge in [0.15, 0.2) is 0 Å². The molecule has 1 amide bonds. The lowest BCUT2D eigenvalue weighted by atomic mass is 10.0. The van der Waals surface area contributed by atoms with Crippen molar-refractivity contribution >= 4 is 5.91 Å². The van der Waals surface area contributed by atoms with Crippen molar-refractivity contribution in [1.82, 2.24) is 5.32 Å². The highest BCUT2D eigenvalue weighted by atomic mass is 16.3. The molecule has 378 valence electrons. The Hall–Kier alpha value is -1.43. The molecule has 3 unspecified atom stereocenters. The number of carbonyl (C=O) groups is 1. The predicted molar refractivity (Wildman–Crippen MR) is 282 cm³/mol. The van der Waals surface area contributed by atoms with Crippen LogP contribution in [0.1, 0.15) is 309 Å². The minimum absolute atomic E-state index is 0.374. The Kier molecular flexibility index (Phi) is 53.0. The van der Waals surface area contributed by atoms with Crippen LogP contribution in [0, 0.1) is 0 Å². The molecule has 0 saturated carbocycles. The number of carbonyl (C=O) groups excluding carboxylic acids is 1. The molecular formula is C59H113NO4. The second-order valence-corrected chi connectivity index (χ2v) is 19.8. The highest BCUT2D eigenvalue weighted by molar-refractivity contribution is 5.80. The molecule has 0 bridgehead atoms. The molecule has 0 spiro atoms. The minimum atomic E-state index is -1.11. The molecule has 0 radical (unpaired) electrons. The lowest BCUT2D eigenvalue weighted by Crippen LogP contribution is -2.48. The van der Waals surface area contributed by atoms with E-state index in [1.807, 2.05) is 6.08 Å². The van der Waals surface area contributed by atoms with Crippen LogP contribution in [0.25, 0.3) is 0 Å². The Morgan fingerprint density at radius 3 is 0.953 bits per heavy atom. The van der Waals surface area contributed by atoms with Gasteiger partial charge in [0.25, 0.3) is 0 Å². The lowest BCUT2D eigenvalue weighted by molar-refractivity contribution is -0.131. The number of hydrogen-bond donors (Lipinski definition) is 4. The number of unbranched alkanes of at least 4 members (excludes halogenated alkanes) is 41. The van der Waals surface area contributed by atoms with Crippen molar-refractivity contribution in [2.45, 2.75) is 327 Å². The summed E-state index contributed by atoms with van der Waals surface area (Å²) < 4.78 is 0. The molecular weight excluding hydrogens is 787 g/mol. The highest BCUT2D eigenvalue weighted by Crippen LogP contribution is 2.17. The topological polar surface area (TPSA) is 89.8 Å². The quantitative estimate of drug-likeness (QED) is 0.0362. The summed E-state index contributed by atoms with van der Waals surface area (Å²) in [6, 6.07) is -0.814. The van der Waals surface area contributed by atoms with Crippen LogP contribution < -0.4 is 5.32 Å². The van der Waals surface area contributed by atoms with Gasteiger partial charge in [0, 0.05) is 0 Å². The zero-order chi connectivity index (χ0) is 46.5. The van der Waals surface area contributed by atoms with E-state index in [0.29, 0.717) is 6.42 Å². The first kappa shape index (κ1) is 62.6. The van der Waals surface area contributed by atoms with Crippen LogP contribution in [0.2, 0.25) is 0 Å². The summed E-state index contributed by atoms with van der Waals surface area (Å²) in [6.07, 6.45) is 70.9. The largest absolute Gasteiger partial charge is 0.394 e. The van der Waals surface area contributed by atoms with Gasteiger partial charge in [0.05, 0.1) is 18.8 Å². The molecule has 0 fully saturated rings. The standard InChI is InChI=1S/C59H113NO4/c1-3-5-7-9-11-13-15-17-19-21-23-24-25-26-27-28-29-30-31-32-33-34-36-38-40-42-44-46-48-50-52-54-58(63)59(64)60-56(55-61)57(62)53-51-49-47-45-43-41-39-37-35-22-20-18-16-14-12-10-8-6-4-2/h26-27,43,45,51,53,56-58,61-63H,3-25,28-42,44,46-50,52,54-55H2,1-2H3,(H,60,64)/b27-26-,45-43+,53-51+. The maximum atomic E-state index is 12.5. The van der Waals surface area contributed by atoms with Gasteiger partial charge < -0.3 is 20.6 Å². The Bertz CT molecular complexity index is 993. The van der Waals surface area contributed by atoms with Gasteiger partial charge in [-0.15, -0.1) is 0 Å². The molecule has 5 nitrogen and oxygen atoms in total. The molecule has 0 aromatic rings. The van der Waals surface area contributed by atoms with E-state index in [1.165, 1.54) is 250 Å². The molecule has 0 aliphatic carbocycles. The molecule has 0 saturated heterocycles. The summed E-state index contributed by atoms with van der Waals surface area (Å²) in [5.74, 6) is -0.509. The Morgan fingerprint density at radius 1 is 0.375 bits per heavy atom. The van der Waals surface area contributed by atoms with E-state index in [1.54, 1.807) is 6.08 Å². The van der Waals surface area contributed by atoms with Crippen LogP contribution in [-0.2, 0) is 4.79 Å². The summed E-state index contributed by atoms with van der Waals surface area (Å²) in [5, 5.41) is 33.3. The Morgan fingerprint density at radius 2 is 0.641 bits per heavy atom. The van der Waals surface area contributed by atoms with Crippen LogP contribution in [0.4, 0.5) is 0 Å². The van der Waals surface area contributed by atoms with E-state index in [-0.39, 0.29) is 6.61 Å². The zero-order valence-corrected chi connectivity index (χ0v) is 43.2. The van der Waals surface area contributed by atoms with E-state index in [2.05, 4.69) is 43.5 Å². The van der Waals surface area contributed by atoms with Crippen molar-refractivity contribution in [3.63, 3.8) is 0 Å². The van der Waals surface area contributed by atoms with E-state index >= 15 is 0 Å². The number of aliphatic hydroxyl groups is 3. The smallest absolute Gasteiger partial charge is 0.249 e. The van der Waals surface area contributed by atoms with Crippen LogP contribution in [-0.4, -0.2) is 46.1 Å². The van der Waals surface area contributed by atoms with Crippen LogP contribution in [0.3, 0.4) is 0 Å². The fraction of sp³-hybridized carbons (Fsp3) is 0.881. The van der Waals surface area contributed by atoms with Gasteiger partial charge in [-0.2, -0.15) is 0 Å².